The molecule has 0 radical (unpaired) electrons. The first-order chi connectivity index (χ1) is 17.7. The first-order valence-electron chi connectivity index (χ1n) is 12.2. The molecule has 0 spiro atoms. The second-order valence-corrected chi connectivity index (χ2v) is 10.4. The second-order valence-electron chi connectivity index (χ2n) is 10.4. The summed E-state index contributed by atoms with van der Waals surface area (Å²) in [7, 11) is 1.60. The Morgan fingerprint density at radius 2 is 1.78 bits per heavy atom. The van der Waals surface area contributed by atoms with Gasteiger partial charge in [0, 0.05) is 55.7 Å². The number of pyridine rings is 1. The summed E-state index contributed by atoms with van der Waals surface area (Å²) in [5.41, 5.74) is 0.828. The van der Waals surface area contributed by atoms with Crippen LogP contribution in [-0.2, 0) is 4.74 Å². The molecule has 5 rings (SSSR count). The smallest absolute Gasteiger partial charge is 0.410 e. The summed E-state index contributed by atoms with van der Waals surface area (Å²) in [5, 5.41) is 6.43. The third-order valence-electron chi connectivity index (χ3n) is 6.52. The molecular formula is C26H31N7O4. The Balaban J connectivity index is 1.20. The summed E-state index contributed by atoms with van der Waals surface area (Å²) < 4.78 is 10.8. The number of carbonyl (C=O) groups is 2. The van der Waals surface area contributed by atoms with E-state index in [0.29, 0.717) is 53.5 Å². The van der Waals surface area contributed by atoms with Gasteiger partial charge in [-0.25, -0.2) is 14.6 Å². The fourth-order valence-corrected chi connectivity index (χ4v) is 4.86. The number of hydrogen-bond donors (Lipinski definition) is 2. The molecule has 2 saturated heterocycles. The number of amides is 3. The quantitative estimate of drug-likeness (QED) is 0.546. The maximum absolute atomic E-state index is 12.7. The van der Waals surface area contributed by atoms with Gasteiger partial charge in [0.15, 0.2) is 5.82 Å². The average molecular weight is 506 g/mol. The predicted molar refractivity (Wildman–Crippen MR) is 140 cm³/mol. The Bertz CT molecular complexity index is 1310. The van der Waals surface area contributed by atoms with Gasteiger partial charge in [0.05, 0.1) is 30.7 Å². The van der Waals surface area contributed by atoms with Crippen molar-refractivity contribution < 1.29 is 19.1 Å². The molecule has 2 fully saturated rings. The molecule has 37 heavy (non-hydrogen) atoms. The molecule has 3 aromatic rings. The maximum atomic E-state index is 12.7. The molecule has 0 aliphatic carbocycles. The lowest BCUT2D eigenvalue weighted by atomic mass is 10.0. The van der Waals surface area contributed by atoms with Crippen LogP contribution in [0.25, 0.3) is 10.9 Å². The second kappa shape index (κ2) is 9.72. The molecule has 1 aromatic carbocycles. The molecule has 11 nitrogen and oxygen atoms in total. The van der Waals surface area contributed by atoms with Crippen LogP contribution in [0.3, 0.4) is 0 Å². The van der Waals surface area contributed by atoms with E-state index < -0.39 is 11.6 Å². The van der Waals surface area contributed by atoms with Gasteiger partial charge in [0.1, 0.15) is 17.2 Å². The van der Waals surface area contributed by atoms with Crippen LogP contribution in [0.2, 0.25) is 0 Å². The lowest BCUT2D eigenvalue weighted by Crippen LogP contribution is -2.37. The van der Waals surface area contributed by atoms with Gasteiger partial charge in [-0.3, -0.25) is 15.3 Å². The van der Waals surface area contributed by atoms with Crippen molar-refractivity contribution in [1.29, 1.82) is 0 Å². The number of nitrogens with zero attached hydrogens (tertiary/aromatic N) is 5. The summed E-state index contributed by atoms with van der Waals surface area (Å²) in [6.07, 6.45) is 4.58. The van der Waals surface area contributed by atoms with Gasteiger partial charge < -0.3 is 24.6 Å². The summed E-state index contributed by atoms with van der Waals surface area (Å²) >= 11 is 0. The van der Waals surface area contributed by atoms with E-state index in [1.54, 1.807) is 30.5 Å². The van der Waals surface area contributed by atoms with Gasteiger partial charge in [0.25, 0.3) is 0 Å². The minimum atomic E-state index is -0.506. The molecule has 0 unspecified atom stereocenters. The number of aromatic nitrogens is 3. The summed E-state index contributed by atoms with van der Waals surface area (Å²) in [4.78, 5) is 42.4. The summed E-state index contributed by atoms with van der Waals surface area (Å²) in [6.45, 7) is 8.48. The first-order valence-corrected chi connectivity index (χ1v) is 12.2. The van der Waals surface area contributed by atoms with Crippen LogP contribution in [0.15, 0.2) is 42.9 Å². The molecule has 11 heteroatoms. The maximum Gasteiger partial charge on any atom is 0.410 e. The van der Waals surface area contributed by atoms with Crippen molar-refractivity contribution in [2.24, 2.45) is 11.8 Å². The predicted octanol–water partition coefficient (Wildman–Crippen LogP) is 3.98. The van der Waals surface area contributed by atoms with Crippen molar-refractivity contribution in [1.82, 2.24) is 19.9 Å². The van der Waals surface area contributed by atoms with Crippen molar-refractivity contribution in [3.63, 3.8) is 0 Å². The van der Waals surface area contributed by atoms with E-state index in [2.05, 4.69) is 30.5 Å². The molecule has 2 aliphatic heterocycles. The number of rotatable bonds is 4. The summed E-state index contributed by atoms with van der Waals surface area (Å²) in [6, 6.07) is 6.79. The monoisotopic (exact) mass is 505 g/mol. The topological polar surface area (TPSA) is 122 Å². The molecule has 4 heterocycles. The Labute approximate surface area is 215 Å². The third kappa shape index (κ3) is 5.50. The number of fused-ring (bicyclic) bond motifs is 2. The van der Waals surface area contributed by atoms with Crippen LogP contribution in [0, 0.1) is 11.8 Å². The Kier molecular flexibility index (Phi) is 6.45. The lowest BCUT2D eigenvalue weighted by molar-refractivity contribution is 0.0282. The van der Waals surface area contributed by atoms with Crippen molar-refractivity contribution in [2.75, 3.05) is 48.8 Å². The minimum Gasteiger partial charge on any atom is -0.497 e. The first kappa shape index (κ1) is 24.5. The largest absolute Gasteiger partial charge is 0.497 e. The number of nitrogens with one attached hydrogen (secondary N) is 2. The Morgan fingerprint density at radius 1 is 1.03 bits per heavy atom. The van der Waals surface area contributed by atoms with Gasteiger partial charge in [-0.1, -0.05) is 0 Å². The Morgan fingerprint density at radius 3 is 2.49 bits per heavy atom. The van der Waals surface area contributed by atoms with Gasteiger partial charge in [-0.05, 0) is 39.0 Å². The number of anilines is 3. The average Bonchev–Trinajstić information content (AvgIpc) is 3.43. The standard InChI is InChI=1S/C26H31N7O4/c1-26(2,3)37-25(35)33-14-16-12-32(13-17(16)15-33)23-11-27-10-22(30-23)31-24(34)29-20-7-8-28-21-9-18(36-4)5-6-19(20)21/h5-11,16-17H,12-15H2,1-4H3,(H2,28,29,30,31,34)/t16-,17+. The molecule has 3 amide bonds. The summed E-state index contributed by atoms with van der Waals surface area (Å²) in [5.74, 6) is 2.41. The number of carbonyl (C=O) groups excluding carboxylic acids is 2. The van der Waals surface area contributed by atoms with Crippen LogP contribution in [0.4, 0.5) is 26.9 Å². The van der Waals surface area contributed by atoms with Gasteiger partial charge in [-0.2, -0.15) is 0 Å². The van der Waals surface area contributed by atoms with Crippen molar-refractivity contribution in [3.05, 3.63) is 42.9 Å². The van der Waals surface area contributed by atoms with E-state index in [9.17, 15) is 9.59 Å². The molecule has 2 atom stereocenters. The van der Waals surface area contributed by atoms with E-state index in [-0.39, 0.29) is 6.09 Å². The van der Waals surface area contributed by atoms with E-state index in [0.717, 1.165) is 18.5 Å². The zero-order chi connectivity index (χ0) is 26.2. The van der Waals surface area contributed by atoms with E-state index in [1.807, 2.05) is 39.0 Å². The number of methoxy groups -OCH3 is 1. The fourth-order valence-electron chi connectivity index (χ4n) is 4.86. The number of urea groups is 1. The highest BCUT2D eigenvalue weighted by atomic mass is 16.6. The van der Waals surface area contributed by atoms with Crippen LogP contribution in [-0.4, -0.2) is 70.9 Å². The number of likely N-dealkylation sites (tertiary alicyclic amines) is 1. The zero-order valence-electron chi connectivity index (χ0n) is 21.4. The van der Waals surface area contributed by atoms with E-state index >= 15 is 0 Å². The minimum absolute atomic E-state index is 0.258. The van der Waals surface area contributed by atoms with Crippen LogP contribution >= 0.6 is 0 Å². The highest BCUT2D eigenvalue weighted by Gasteiger charge is 2.43. The zero-order valence-corrected chi connectivity index (χ0v) is 21.4. The van der Waals surface area contributed by atoms with Crippen LogP contribution < -0.4 is 20.3 Å². The fraction of sp³-hybridized carbons (Fsp3) is 0.423. The number of ether oxygens (including phenoxy) is 2. The van der Waals surface area contributed by atoms with Crippen molar-refractivity contribution in [2.45, 2.75) is 26.4 Å². The Hall–Kier alpha value is -4.15. The third-order valence-corrected chi connectivity index (χ3v) is 6.52. The molecule has 2 aromatic heterocycles. The normalized spacial score (nSPS) is 19.0. The molecule has 0 saturated carbocycles. The highest BCUT2D eigenvalue weighted by Crippen LogP contribution is 2.34. The molecular weight excluding hydrogens is 474 g/mol. The highest BCUT2D eigenvalue weighted by molar-refractivity contribution is 6.05. The SMILES string of the molecule is COc1ccc2c(NC(=O)Nc3cncc(N4C[C@H]5CN(C(=O)OC(C)(C)C)C[C@H]5C4)n3)ccnc2c1. The molecule has 2 aliphatic rings. The number of hydrogen-bond acceptors (Lipinski definition) is 8. The molecule has 0 bridgehead atoms. The van der Waals surface area contributed by atoms with Crippen LogP contribution in [0.5, 0.6) is 5.75 Å². The molecule has 2 N–H and O–H groups in total. The van der Waals surface area contributed by atoms with E-state index in [4.69, 9.17) is 9.47 Å². The van der Waals surface area contributed by atoms with E-state index in [1.165, 1.54) is 6.20 Å². The van der Waals surface area contributed by atoms with Crippen molar-refractivity contribution in [3.8, 4) is 5.75 Å². The lowest BCUT2D eigenvalue weighted by Gasteiger charge is -2.26. The van der Waals surface area contributed by atoms with Crippen molar-refractivity contribution >= 4 is 40.4 Å². The van der Waals surface area contributed by atoms with Crippen LogP contribution in [0.1, 0.15) is 20.8 Å². The molecule has 194 valence electrons. The van der Waals surface area contributed by atoms with Gasteiger partial charge in [-0.15, -0.1) is 0 Å². The van der Waals surface area contributed by atoms with Gasteiger partial charge in [0.2, 0.25) is 0 Å². The number of benzene rings is 1. The van der Waals surface area contributed by atoms with Gasteiger partial charge >= 0.3 is 12.1 Å².